The van der Waals surface area contributed by atoms with Gasteiger partial charge in [-0.05, 0) is 30.0 Å². The molecule has 0 spiro atoms. The third-order valence-electron chi connectivity index (χ3n) is 3.41. The molecule has 0 fully saturated rings. The van der Waals surface area contributed by atoms with Crippen molar-refractivity contribution in [2.45, 2.75) is 19.8 Å². The molecule has 0 aromatic heterocycles. The Kier molecular flexibility index (Phi) is 2.32. The zero-order chi connectivity index (χ0) is 11.8. The van der Waals surface area contributed by atoms with Crippen molar-refractivity contribution in [2.24, 2.45) is 0 Å². The minimum atomic E-state index is 0.287. The SMILES string of the molecule is Cc1cccc(-c2cccc3c2CCC3=O)c1. The Morgan fingerprint density at radius 3 is 2.53 bits per heavy atom. The van der Waals surface area contributed by atoms with Crippen LogP contribution in [0.2, 0.25) is 0 Å². The fraction of sp³-hybridized carbons (Fsp3) is 0.188. The summed E-state index contributed by atoms with van der Waals surface area (Å²) in [6.07, 6.45) is 1.55. The molecule has 1 heteroatoms. The molecule has 0 amide bonds. The highest BCUT2D eigenvalue weighted by atomic mass is 16.1. The topological polar surface area (TPSA) is 17.1 Å². The van der Waals surface area contributed by atoms with E-state index in [1.807, 2.05) is 12.1 Å². The Morgan fingerprint density at radius 1 is 0.941 bits per heavy atom. The van der Waals surface area contributed by atoms with E-state index in [2.05, 4.69) is 37.3 Å². The van der Waals surface area contributed by atoms with Gasteiger partial charge in [0.25, 0.3) is 0 Å². The molecule has 0 atom stereocenters. The monoisotopic (exact) mass is 222 g/mol. The third kappa shape index (κ3) is 1.68. The normalized spacial score (nSPS) is 13.8. The molecule has 0 heterocycles. The summed E-state index contributed by atoms with van der Waals surface area (Å²) in [5.41, 5.74) is 5.84. The van der Waals surface area contributed by atoms with Gasteiger partial charge in [-0.3, -0.25) is 4.79 Å². The predicted octanol–water partition coefficient (Wildman–Crippen LogP) is 3.79. The molecule has 17 heavy (non-hydrogen) atoms. The first-order valence-corrected chi connectivity index (χ1v) is 5.98. The van der Waals surface area contributed by atoms with Crippen molar-refractivity contribution >= 4 is 5.78 Å². The summed E-state index contributed by atoms with van der Waals surface area (Å²) >= 11 is 0. The highest BCUT2D eigenvalue weighted by Crippen LogP contribution is 2.32. The highest BCUT2D eigenvalue weighted by molar-refractivity contribution is 6.02. The molecule has 2 aromatic carbocycles. The number of benzene rings is 2. The molecule has 84 valence electrons. The Morgan fingerprint density at radius 2 is 1.71 bits per heavy atom. The average Bonchev–Trinajstić information content (AvgIpc) is 2.71. The quantitative estimate of drug-likeness (QED) is 0.717. The van der Waals surface area contributed by atoms with Crippen LogP contribution in [0.1, 0.15) is 27.9 Å². The first-order valence-electron chi connectivity index (χ1n) is 5.98. The van der Waals surface area contributed by atoms with Crippen LogP contribution in [0, 0.1) is 6.92 Å². The second-order valence-corrected chi connectivity index (χ2v) is 4.62. The van der Waals surface area contributed by atoms with Crippen LogP contribution < -0.4 is 0 Å². The minimum Gasteiger partial charge on any atom is -0.294 e. The Labute approximate surface area is 101 Å². The maximum absolute atomic E-state index is 11.7. The van der Waals surface area contributed by atoms with Gasteiger partial charge in [-0.2, -0.15) is 0 Å². The van der Waals surface area contributed by atoms with E-state index in [-0.39, 0.29) is 5.78 Å². The van der Waals surface area contributed by atoms with E-state index in [1.165, 1.54) is 22.3 Å². The molecule has 0 radical (unpaired) electrons. The van der Waals surface area contributed by atoms with Gasteiger partial charge < -0.3 is 0 Å². The lowest BCUT2D eigenvalue weighted by Gasteiger charge is -2.08. The smallest absolute Gasteiger partial charge is 0.163 e. The fourth-order valence-electron chi connectivity index (χ4n) is 2.57. The van der Waals surface area contributed by atoms with Crippen molar-refractivity contribution in [3.8, 4) is 11.1 Å². The Balaban J connectivity index is 2.20. The summed E-state index contributed by atoms with van der Waals surface area (Å²) in [6.45, 7) is 2.10. The summed E-state index contributed by atoms with van der Waals surface area (Å²) < 4.78 is 0. The molecule has 0 aliphatic heterocycles. The molecule has 0 saturated heterocycles. The number of Topliss-reactive ketones (excluding diaryl/α,β-unsaturated/α-hetero) is 1. The number of rotatable bonds is 1. The van der Waals surface area contributed by atoms with Crippen LogP contribution in [0.4, 0.5) is 0 Å². The van der Waals surface area contributed by atoms with Crippen LogP contribution in [0.25, 0.3) is 11.1 Å². The van der Waals surface area contributed by atoms with Crippen molar-refractivity contribution in [3.63, 3.8) is 0 Å². The van der Waals surface area contributed by atoms with Crippen molar-refractivity contribution in [1.82, 2.24) is 0 Å². The molecule has 2 aromatic rings. The molecule has 0 bridgehead atoms. The zero-order valence-corrected chi connectivity index (χ0v) is 9.86. The van der Waals surface area contributed by atoms with Crippen molar-refractivity contribution in [3.05, 3.63) is 59.2 Å². The number of carbonyl (C=O) groups excluding carboxylic acids is 1. The van der Waals surface area contributed by atoms with Gasteiger partial charge in [0.2, 0.25) is 0 Å². The van der Waals surface area contributed by atoms with E-state index in [1.54, 1.807) is 0 Å². The van der Waals surface area contributed by atoms with Gasteiger partial charge in [0.15, 0.2) is 5.78 Å². The lowest BCUT2D eigenvalue weighted by atomic mass is 9.96. The van der Waals surface area contributed by atoms with Gasteiger partial charge in [0, 0.05) is 12.0 Å². The number of hydrogen-bond acceptors (Lipinski definition) is 1. The van der Waals surface area contributed by atoms with Gasteiger partial charge in [0.05, 0.1) is 0 Å². The standard InChI is InChI=1S/C16H14O/c1-11-4-2-5-12(10-11)13-6-3-7-15-14(13)8-9-16(15)17/h2-7,10H,8-9H2,1H3. The molecular weight excluding hydrogens is 208 g/mol. The molecule has 1 nitrogen and oxygen atoms in total. The van der Waals surface area contributed by atoms with Crippen molar-refractivity contribution < 1.29 is 4.79 Å². The molecular formula is C16H14O. The summed E-state index contributed by atoms with van der Waals surface area (Å²) in [5.74, 6) is 0.287. The van der Waals surface area contributed by atoms with E-state index in [9.17, 15) is 4.79 Å². The molecule has 1 aliphatic rings. The van der Waals surface area contributed by atoms with Gasteiger partial charge >= 0.3 is 0 Å². The van der Waals surface area contributed by atoms with Gasteiger partial charge in [-0.15, -0.1) is 0 Å². The Bertz CT molecular complexity index is 596. The van der Waals surface area contributed by atoms with Crippen LogP contribution >= 0.6 is 0 Å². The number of aryl methyl sites for hydroxylation is 1. The van der Waals surface area contributed by atoms with Crippen molar-refractivity contribution in [1.29, 1.82) is 0 Å². The average molecular weight is 222 g/mol. The summed E-state index contributed by atoms with van der Waals surface area (Å²) in [5, 5.41) is 0. The molecule has 1 aliphatic carbocycles. The van der Waals surface area contributed by atoms with E-state index in [0.29, 0.717) is 6.42 Å². The first-order chi connectivity index (χ1) is 8.25. The number of hydrogen-bond donors (Lipinski definition) is 0. The lowest BCUT2D eigenvalue weighted by molar-refractivity contribution is 0.0994. The summed E-state index contributed by atoms with van der Waals surface area (Å²) in [6, 6.07) is 14.5. The van der Waals surface area contributed by atoms with Crippen LogP contribution in [-0.2, 0) is 6.42 Å². The van der Waals surface area contributed by atoms with Crippen molar-refractivity contribution in [2.75, 3.05) is 0 Å². The lowest BCUT2D eigenvalue weighted by Crippen LogP contribution is -1.92. The highest BCUT2D eigenvalue weighted by Gasteiger charge is 2.21. The fourth-order valence-corrected chi connectivity index (χ4v) is 2.57. The second-order valence-electron chi connectivity index (χ2n) is 4.62. The van der Waals surface area contributed by atoms with Crippen LogP contribution in [0.3, 0.4) is 0 Å². The number of fused-ring (bicyclic) bond motifs is 1. The number of ketones is 1. The van der Waals surface area contributed by atoms with Gasteiger partial charge in [-0.1, -0.05) is 48.0 Å². The second kappa shape index (κ2) is 3.85. The molecule has 3 rings (SSSR count). The zero-order valence-electron chi connectivity index (χ0n) is 9.86. The minimum absolute atomic E-state index is 0.287. The molecule has 0 saturated carbocycles. The van der Waals surface area contributed by atoms with Crippen LogP contribution in [0.15, 0.2) is 42.5 Å². The van der Waals surface area contributed by atoms with E-state index in [0.717, 1.165) is 12.0 Å². The third-order valence-corrected chi connectivity index (χ3v) is 3.41. The Hall–Kier alpha value is -1.89. The van der Waals surface area contributed by atoms with Gasteiger partial charge in [0.1, 0.15) is 0 Å². The largest absolute Gasteiger partial charge is 0.294 e. The van der Waals surface area contributed by atoms with Crippen LogP contribution in [0.5, 0.6) is 0 Å². The first kappa shape index (κ1) is 10.3. The molecule has 0 N–H and O–H groups in total. The van der Waals surface area contributed by atoms with E-state index in [4.69, 9.17) is 0 Å². The molecule has 0 unspecified atom stereocenters. The maximum atomic E-state index is 11.7. The summed E-state index contributed by atoms with van der Waals surface area (Å²) in [4.78, 5) is 11.7. The number of carbonyl (C=O) groups is 1. The van der Waals surface area contributed by atoms with Crippen LogP contribution in [-0.4, -0.2) is 5.78 Å². The summed E-state index contributed by atoms with van der Waals surface area (Å²) in [7, 11) is 0. The van der Waals surface area contributed by atoms with Gasteiger partial charge in [-0.25, -0.2) is 0 Å². The van der Waals surface area contributed by atoms with E-state index < -0.39 is 0 Å². The predicted molar refractivity (Wildman–Crippen MR) is 69.3 cm³/mol. The maximum Gasteiger partial charge on any atom is 0.163 e. The van der Waals surface area contributed by atoms with E-state index >= 15 is 0 Å².